The molecule has 1 aliphatic rings. The number of ketones is 1. The second-order valence-electron chi connectivity index (χ2n) is 5.75. The molecule has 1 aromatic heterocycles. The van der Waals surface area contributed by atoms with E-state index >= 15 is 0 Å². The van der Waals surface area contributed by atoms with Gasteiger partial charge in [0.05, 0.1) is 0 Å². The number of carboxylic acids is 1. The molecule has 1 aromatic rings. The van der Waals surface area contributed by atoms with Gasteiger partial charge in [-0.25, -0.2) is 4.79 Å². The van der Waals surface area contributed by atoms with Gasteiger partial charge in [-0.05, 0) is 37.7 Å². The number of hydrogen-bond donors (Lipinski definition) is 1. The Hall–Kier alpha value is -1.58. The summed E-state index contributed by atoms with van der Waals surface area (Å²) in [6.07, 6.45) is 6.41. The van der Waals surface area contributed by atoms with Gasteiger partial charge in [0.2, 0.25) is 0 Å². The topological polar surface area (TPSA) is 59.3 Å². The van der Waals surface area contributed by atoms with E-state index < -0.39 is 5.97 Å². The van der Waals surface area contributed by atoms with Gasteiger partial charge in [-0.3, -0.25) is 4.79 Å². The van der Waals surface area contributed by atoms with Crippen molar-refractivity contribution in [3.63, 3.8) is 0 Å². The van der Waals surface area contributed by atoms with Gasteiger partial charge in [0.25, 0.3) is 0 Å². The minimum absolute atomic E-state index is 0.0847. The van der Waals surface area contributed by atoms with Crippen molar-refractivity contribution >= 4 is 11.8 Å². The number of carbonyl (C=O) groups is 2. The van der Waals surface area contributed by atoms with E-state index in [1.54, 1.807) is 10.8 Å². The fourth-order valence-electron chi connectivity index (χ4n) is 2.82. The van der Waals surface area contributed by atoms with Crippen molar-refractivity contribution in [1.29, 1.82) is 0 Å². The molecule has 0 unspecified atom stereocenters. The standard InChI is InChI=1S/C15H21NO3/c1-10-3-5-12(6-4-10)8-16-9-13(11(2)17)7-14(16)15(18)19/h7,9-10,12H,3-6,8H2,1-2H3,(H,18,19). The number of Topliss-reactive ketones (excluding diaryl/α,β-unsaturated/α-hetero) is 1. The second kappa shape index (κ2) is 5.59. The molecule has 0 spiro atoms. The summed E-state index contributed by atoms with van der Waals surface area (Å²) in [4.78, 5) is 22.6. The molecule has 0 aromatic carbocycles. The van der Waals surface area contributed by atoms with Gasteiger partial charge < -0.3 is 9.67 Å². The summed E-state index contributed by atoms with van der Waals surface area (Å²) in [6, 6.07) is 1.48. The van der Waals surface area contributed by atoms with Crippen molar-refractivity contribution in [2.24, 2.45) is 11.8 Å². The zero-order valence-corrected chi connectivity index (χ0v) is 11.6. The van der Waals surface area contributed by atoms with E-state index in [2.05, 4.69) is 6.92 Å². The number of aromatic nitrogens is 1. The van der Waals surface area contributed by atoms with Gasteiger partial charge in [-0.2, -0.15) is 0 Å². The molecular weight excluding hydrogens is 242 g/mol. The number of hydrogen-bond acceptors (Lipinski definition) is 2. The maximum absolute atomic E-state index is 11.4. The molecule has 19 heavy (non-hydrogen) atoms. The lowest BCUT2D eigenvalue weighted by Crippen LogP contribution is -2.19. The van der Waals surface area contributed by atoms with Crippen molar-refractivity contribution < 1.29 is 14.7 Å². The molecule has 1 fully saturated rings. The average Bonchev–Trinajstić information content (AvgIpc) is 2.76. The van der Waals surface area contributed by atoms with E-state index in [1.165, 1.54) is 25.8 Å². The monoisotopic (exact) mass is 263 g/mol. The molecule has 104 valence electrons. The number of rotatable bonds is 4. The van der Waals surface area contributed by atoms with Crippen LogP contribution in [0.15, 0.2) is 12.3 Å². The highest BCUT2D eigenvalue weighted by atomic mass is 16.4. The summed E-state index contributed by atoms with van der Waals surface area (Å²) < 4.78 is 1.74. The first-order chi connectivity index (χ1) is 8.97. The fourth-order valence-corrected chi connectivity index (χ4v) is 2.82. The van der Waals surface area contributed by atoms with Crippen LogP contribution in [-0.4, -0.2) is 21.4 Å². The lowest BCUT2D eigenvalue weighted by Gasteiger charge is -2.26. The summed E-state index contributed by atoms with van der Waals surface area (Å²) in [5.41, 5.74) is 0.713. The van der Waals surface area contributed by atoms with Crippen LogP contribution in [0.2, 0.25) is 0 Å². The Kier molecular flexibility index (Phi) is 4.08. The Morgan fingerprint density at radius 3 is 2.47 bits per heavy atom. The van der Waals surface area contributed by atoms with Crippen molar-refractivity contribution in [3.8, 4) is 0 Å². The number of carbonyl (C=O) groups excluding carboxylic acids is 1. The first-order valence-electron chi connectivity index (χ1n) is 6.91. The predicted octanol–water partition coefficient (Wildman–Crippen LogP) is 3.22. The van der Waals surface area contributed by atoms with Crippen LogP contribution in [0.4, 0.5) is 0 Å². The third-order valence-electron chi connectivity index (χ3n) is 4.11. The Bertz CT molecular complexity index is 482. The summed E-state index contributed by atoms with van der Waals surface area (Å²) >= 11 is 0. The quantitative estimate of drug-likeness (QED) is 0.848. The van der Waals surface area contributed by atoms with Crippen LogP contribution in [-0.2, 0) is 6.54 Å². The maximum Gasteiger partial charge on any atom is 0.352 e. The van der Waals surface area contributed by atoms with E-state index in [9.17, 15) is 14.7 Å². The van der Waals surface area contributed by atoms with Gasteiger partial charge in [0.1, 0.15) is 5.69 Å². The molecule has 0 amide bonds. The van der Waals surface area contributed by atoms with Gasteiger partial charge >= 0.3 is 5.97 Å². The molecule has 0 atom stereocenters. The molecular formula is C15H21NO3. The van der Waals surface area contributed by atoms with E-state index in [4.69, 9.17) is 0 Å². The predicted molar refractivity (Wildman–Crippen MR) is 72.5 cm³/mol. The third kappa shape index (κ3) is 3.25. The first kappa shape index (κ1) is 13.8. The Morgan fingerprint density at radius 1 is 1.32 bits per heavy atom. The van der Waals surface area contributed by atoms with E-state index in [1.807, 2.05) is 0 Å². The van der Waals surface area contributed by atoms with Crippen LogP contribution in [0, 0.1) is 11.8 Å². The van der Waals surface area contributed by atoms with E-state index in [0.717, 1.165) is 18.8 Å². The average molecular weight is 263 g/mol. The molecule has 4 nitrogen and oxygen atoms in total. The highest BCUT2D eigenvalue weighted by molar-refractivity contribution is 5.97. The minimum atomic E-state index is -0.961. The highest BCUT2D eigenvalue weighted by Gasteiger charge is 2.21. The lowest BCUT2D eigenvalue weighted by atomic mass is 9.83. The van der Waals surface area contributed by atoms with Gasteiger partial charge in [0.15, 0.2) is 5.78 Å². The smallest absolute Gasteiger partial charge is 0.352 e. The lowest BCUT2D eigenvalue weighted by molar-refractivity contribution is 0.0683. The number of nitrogens with zero attached hydrogens (tertiary/aromatic N) is 1. The van der Waals surface area contributed by atoms with Gasteiger partial charge in [-0.1, -0.05) is 19.8 Å². The Balaban J connectivity index is 2.14. The molecule has 1 heterocycles. The third-order valence-corrected chi connectivity index (χ3v) is 4.11. The molecule has 1 N–H and O–H groups in total. The molecule has 2 rings (SSSR count). The molecule has 0 radical (unpaired) electrons. The second-order valence-corrected chi connectivity index (χ2v) is 5.75. The molecule has 1 saturated carbocycles. The number of aromatic carboxylic acids is 1. The summed E-state index contributed by atoms with van der Waals surface area (Å²) in [5, 5.41) is 9.20. The van der Waals surface area contributed by atoms with Gasteiger partial charge in [-0.15, -0.1) is 0 Å². The molecule has 0 bridgehead atoms. The van der Waals surface area contributed by atoms with Crippen LogP contribution >= 0.6 is 0 Å². The molecule has 0 aliphatic heterocycles. The zero-order chi connectivity index (χ0) is 14.0. The molecule has 4 heteroatoms. The van der Waals surface area contributed by atoms with Crippen LogP contribution in [0.25, 0.3) is 0 Å². The molecule has 0 saturated heterocycles. The van der Waals surface area contributed by atoms with Crippen molar-refractivity contribution in [2.75, 3.05) is 0 Å². The molecule has 1 aliphatic carbocycles. The van der Waals surface area contributed by atoms with Crippen LogP contribution in [0.1, 0.15) is 60.4 Å². The van der Waals surface area contributed by atoms with Crippen molar-refractivity contribution in [3.05, 3.63) is 23.5 Å². The van der Waals surface area contributed by atoms with Crippen molar-refractivity contribution in [2.45, 2.75) is 46.1 Å². The summed E-state index contributed by atoms with van der Waals surface area (Å²) in [6.45, 7) is 4.44. The van der Waals surface area contributed by atoms with Crippen molar-refractivity contribution in [1.82, 2.24) is 4.57 Å². The summed E-state index contributed by atoms with van der Waals surface area (Å²) in [5.74, 6) is 0.268. The Labute approximate surface area is 113 Å². The Morgan fingerprint density at radius 2 is 1.95 bits per heavy atom. The van der Waals surface area contributed by atoms with E-state index in [0.29, 0.717) is 18.0 Å². The van der Waals surface area contributed by atoms with Crippen LogP contribution in [0.5, 0.6) is 0 Å². The summed E-state index contributed by atoms with van der Waals surface area (Å²) in [7, 11) is 0. The van der Waals surface area contributed by atoms with Crippen LogP contribution < -0.4 is 0 Å². The minimum Gasteiger partial charge on any atom is -0.477 e. The zero-order valence-electron chi connectivity index (χ0n) is 11.6. The fraction of sp³-hybridized carbons (Fsp3) is 0.600. The SMILES string of the molecule is CC(=O)c1cc(C(=O)O)n(CC2CCC(C)CC2)c1. The normalized spacial score (nSPS) is 23.3. The van der Waals surface area contributed by atoms with E-state index in [-0.39, 0.29) is 11.5 Å². The number of carboxylic acid groups (broad SMARTS) is 1. The largest absolute Gasteiger partial charge is 0.477 e. The van der Waals surface area contributed by atoms with Crippen LogP contribution in [0.3, 0.4) is 0 Å². The van der Waals surface area contributed by atoms with Gasteiger partial charge in [0, 0.05) is 18.3 Å². The highest BCUT2D eigenvalue weighted by Crippen LogP contribution is 2.30. The first-order valence-corrected chi connectivity index (χ1v) is 6.91. The maximum atomic E-state index is 11.4.